The van der Waals surface area contributed by atoms with Crippen LogP contribution in [0.2, 0.25) is 10.0 Å². The zero-order chi connectivity index (χ0) is 16.7. The minimum atomic E-state index is -0.210. The molecule has 1 saturated carbocycles. The van der Waals surface area contributed by atoms with Crippen LogP contribution < -0.4 is 10.6 Å². The highest BCUT2D eigenvalue weighted by molar-refractivity contribution is 6.42. The molecule has 0 unspecified atom stereocenters. The van der Waals surface area contributed by atoms with E-state index in [4.69, 9.17) is 27.9 Å². The van der Waals surface area contributed by atoms with Gasteiger partial charge in [0.1, 0.15) is 0 Å². The topological polar surface area (TPSA) is 53.6 Å². The largest absolute Gasteiger partial charge is 0.375 e. The first-order valence-electron chi connectivity index (χ1n) is 8.46. The fraction of sp³-hybridized carbons (Fsp3) is 0.588. The fourth-order valence-corrected chi connectivity index (χ4v) is 3.98. The van der Waals surface area contributed by atoms with Gasteiger partial charge in [-0.25, -0.2) is 4.79 Å². The monoisotopic (exact) mass is 369 g/mol. The quantitative estimate of drug-likeness (QED) is 0.858. The lowest BCUT2D eigenvalue weighted by Gasteiger charge is -2.35. The maximum atomic E-state index is 12.2. The normalized spacial score (nSPS) is 30.0. The molecule has 2 N–H and O–H groups in total. The van der Waals surface area contributed by atoms with Gasteiger partial charge in [0, 0.05) is 30.9 Å². The Labute approximate surface area is 151 Å². The van der Waals surface area contributed by atoms with Gasteiger partial charge in [0.2, 0.25) is 0 Å². The number of carbonyl (C=O) groups is 1. The summed E-state index contributed by atoms with van der Waals surface area (Å²) in [5.41, 5.74) is 0.634. The number of hydrogen-bond donors (Lipinski definition) is 2. The molecule has 5 nitrogen and oxygen atoms in total. The van der Waals surface area contributed by atoms with Crippen LogP contribution in [0.3, 0.4) is 0 Å². The Hall–Kier alpha value is -1.01. The van der Waals surface area contributed by atoms with Gasteiger partial charge >= 0.3 is 6.03 Å². The van der Waals surface area contributed by atoms with Crippen molar-refractivity contribution in [1.29, 1.82) is 0 Å². The van der Waals surface area contributed by atoms with Gasteiger partial charge in [0.25, 0.3) is 0 Å². The first kappa shape index (κ1) is 16.5. The third-order valence-electron chi connectivity index (χ3n) is 5.11. The molecule has 24 heavy (non-hydrogen) atoms. The van der Waals surface area contributed by atoms with Gasteiger partial charge in [0.15, 0.2) is 0 Å². The number of amides is 2. The molecule has 2 saturated heterocycles. The van der Waals surface area contributed by atoms with E-state index < -0.39 is 0 Å². The average molecular weight is 370 g/mol. The molecule has 1 aromatic carbocycles. The zero-order valence-corrected chi connectivity index (χ0v) is 14.8. The third-order valence-corrected chi connectivity index (χ3v) is 5.84. The average Bonchev–Trinajstić information content (AvgIpc) is 3.31. The summed E-state index contributed by atoms with van der Waals surface area (Å²) in [6.45, 7) is 2.68. The molecule has 4 rings (SSSR count). The van der Waals surface area contributed by atoms with Gasteiger partial charge in [-0.15, -0.1) is 0 Å². The van der Waals surface area contributed by atoms with Crippen molar-refractivity contribution in [3.05, 3.63) is 28.2 Å². The highest BCUT2D eigenvalue weighted by Gasteiger charge is 2.42. The maximum absolute atomic E-state index is 12.2. The van der Waals surface area contributed by atoms with E-state index in [1.165, 1.54) is 12.8 Å². The predicted molar refractivity (Wildman–Crippen MR) is 94.8 cm³/mol. The van der Waals surface area contributed by atoms with Crippen LogP contribution in [-0.2, 0) is 4.74 Å². The van der Waals surface area contributed by atoms with Crippen molar-refractivity contribution >= 4 is 34.9 Å². The highest BCUT2D eigenvalue weighted by atomic mass is 35.5. The standard InChI is InChI=1S/C17H21Cl2N3O2/c18-14-4-3-11(6-15(14)19)20-17(23)21-12-5-13-9-24-16(10-1-2-10)8-22(13)7-12/h3-4,6,10,12-13,16H,1-2,5,7-9H2,(H2,20,21,23)/t12-,13-,16+/m0/s1. The number of benzene rings is 1. The van der Waals surface area contributed by atoms with Gasteiger partial charge in [0.05, 0.1) is 22.8 Å². The fourth-order valence-electron chi connectivity index (χ4n) is 3.68. The van der Waals surface area contributed by atoms with E-state index >= 15 is 0 Å². The van der Waals surface area contributed by atoms with Crippen molar-refractivity contribution in [3.63, 3.8) is 0 Å². The second-order valence-corrected chi connectivity index (χ2v) is 7.79. The molecule has 0 aromatic heterocycles. The summed E-state index contributed by atoms with van der Waals surface area (Å²) in [4.78, 5) is 14.7. The van der Waals surface area contributed by atoms with Gasteiger partial charge in [-0.05, 0) is 43.4 Å². The third kappa shape index (κ3) is 3.64. The number of nitrogens with zero attached hydrogens (tertiary/aromatic N) is 1. The molecule has 7 heteroatoms. The van der Waals surface area contributed by atoms with Gasteiger partial charge in [-0.1, -0.05) is 23.2 Å². The Morgan fingerprint density at radius 1 is 1.21 bits per heavy atom. The van der Waals surface area contributed by atoms with Gasteiger partial charge < -0.3 is 15.4 Å². The lowest BCUT2D eigenvalue weighted by atomic mass is 10.1. The molecular weight excluding hydrogens is 349 g/mol. The van der Waals surface area contributed by atoms with Crippen molar-refractivity contribution in [3.8, 4) is 0 Å². The Balaban J connectivity index is 1.29. The van der Waals surface area contributed by atoms with Crippen molar-refractivity contribution in [2.24, 2.45) is 5.92 Å². The van der Waals surface area contributed by atoms with Crippen LogP contribution in [0.1, 0.15) is 19.3 Å². The number of fused-ring (bicyclic) bond motifs is 1. The first-order valence-corrected chi connectivity index (χ1v) is 9.22. The molecule has 0 bridgehead atoms. The molecule has 2 heterocycles. The number of rotatable bonds is 3. The van der Waals surface area contributed by atoms with E-state index in [0.29, 0.717) is 27.9 Å². The predicted octanol–water partition coefficient (Wildman–Crippen LogP) is 3.37. The van der Waals surface area contributed by atoms with E-state index in [9.17, 15) is 4.79 Å². The minimum absolute atomic E-state index is 0.152. The second kappa shape index (κ2) is 6.71. The summed E-state index contributed by atoms with van der Waals surface area (Å²) in [6, 6.07) is 5.42. The molecule has 2 aliphatic heterocycles. The Morgan fingerprint density at radius 2 is 2.04 bits per heavy atom. The van der Waals surface area contributed by atoms with E-state index in [1.807, 2.05) is 0 Å². The number of carbonyl (C=O) groups excluding carboxylic acids is 1. The van der Waals surface area contributed by atoms with Gasteiger partial charge in [-0.3, -0.25) is 4.90 Å². The number of urea groups is 1. The molecule has 2 amide bonds. The SMILES string of the molecule is O=C(Nc1ccc(Cl)c(Cl)c1)N[C@H]1C[C@H]2CO[C@@H](C3CC3)CN2C1. The van der Waals surface area contributed by atoms with Crippen LogP contribution in [0.5, 0.6) is 0 Å². The molecule has 1 aromatic rings. The molecule has 130 valence electrons. The number of morpholine rings is 1. The Kier molecular flexibility index (Phi) is 4.60. The van der Waals surface area contributed by atoms with E-state index in [2.05, 4.69) is 15.5 Å². The number of hydrogen-bond acceptors (Lipinski definition) is 3. The van der Waals surface area contributed by atoms with Crippen molar-refractivity contribution in [1.82, 2.24) is 10.2 Å². The van der Waals surface area contributed by atoms with Crippen LogP contribution in [0.4, 0.5) is 10.5 Å². The molecule has 0 spiro atoms. The Morgan fingerprint density at radius 3 is 2.79 bits per heavy atom. The van der Waals surface area contributed by atoms with E-state index in [1.54, 1.807) is 18.2 Å². The van der Waals surface area contributed by atoms with E-state index in [0.717, 1.165) is 32.0 Å². The molecular formula is C17H21Cl2N3O2. The van der Waals surface area contributed by atoms with E-state index in [-0.39, 0.29) is 12.1 Å². The molecule has 3 fully saturated rings. The summed E-state index contributed by atoms with van der Waals surface area (Å²) >= 11 is 11.9. The number of halogens is 2. The summed E-state index contributed by atoms with van der Waals surface area (Å²) in [7, 11) is 0. The lowest BCUT2D eigenvalue weighted by molar-refractivity contribution is -0.0581. The van der Waals surface area contributed by atoms with Crippen LogP contribution in [0.25, 0.3) is 0 Å². The van der Waals surface area contributed by atoms with Crippen LogP contribution >= 0.6 is 23.2 Å². The smallest absolute Gasteiger partial charge is 0.319 e. The zero-order valence-electron chi connectivity index (χ0n) is 13.3. The molecule has 0 radical (unpaired) electrons. The van der Waals surface area contributed by atoms with Crippen molar-refractivity contribution in [2.75, 3.05) is 25.0 Å². The molecule has 1 aliphatic carbocycles. The Bertz CT molecular complexity index is 638. The highest BCUT2D eigenvalue weighted by Crippen LogP contribution is 2.37. The summed E-state index contributed by atoms with van der Waals surface area (Å²) in [5, 5.41) is 6.77. The minimum Gasteiger partial charge on any atom is -0.375 e. The van der Waals surface area contributed by atoms with Crippen LogP contribution in [0, 0.1) is 5.92 Å². The summed E-state index contributed by atoms with van der Waals surface area (Å²) < 4.78 is 5.99. The van der Waals surface area contributed by atoms with Crippen LogP contribution in [-0.4, -0.2) is 48.8 Å². The maximum Gasteiger partial charge on any atom is 0.319 e. The number of ether oxygens (including phenoxy) is 1. The first-order chi connectivity index (χ1) is 11.6. The molecule has 3 aliphatic rings. The summed E-state index contributed by atoms with van der Waals surface area (Å²) in [5.74, 6) is 0.760. The lowest BCUT2D eigenvalue weighted by Crippen LogP contribution is -2.47. The van der Waals surface area contributed by atoms with Gasteiger partial charge in [-0.2, -0.15) is 0 Å². The number of anilines is 1. The van der Waals surface area contributed by atoms with Crippen molar-refractivity contribution < 1.29 is 9.53 Å². The number of nitrogens with one attached hydrogen (secondary N) is 2. The van der Waals surface area contributed by atoms with Crippen LogP contribution in [0.15, 0.2) is 18.2 Å². The molecule has 3 atom stereocenters. The van der Waals surface area contributed by atoms with Crippen molar-refractivity contribution in [2.45, 2.75) is 37.5 Å². The summed E-state index contributed by atoms with van der Waals surface area (Å²) in [6.07, 6.45) is 3.94. The second-order valence-electron chi connectivity index (χ2n) is 6.98.